The van der Waals surface area contributed by atoms with E-state index in [1.807, 2.05) is 29.2 Å². The average Bonchev–Trinajstić information content (AvgIpc) is 2.67. The molecule has 2 amide bonds. The maximum Gasteiger partial charge on any atom is 0.255 e. The molecule has 6 heteroatoms. The van der Waals surface area contributed by atoms with Crippen LogP contribution in [0.5, 0.6) is 0 Å². The van der Waals surface area contributed by atoms with Crippen LogP contribution < -0.4 is 5.32 Å². The molecule has 1 aromatic carbocycles. The van der Waals surface area contributed by atoms with Crippen molar-refractivity contribution in [2.45, 2.75) is 18.9 Å². The van der Waals surface area contributed by atoms with Gasteiger partial charge in [0, 0.05) is 42.1 Å². The average molecular weight is 414 g/mol. The van der Waals surface area contributed by atoms with Gasteiger partial charge in [0.05, 0.1) is 5.56 Å². The van der Waals surface area contributed by atoms with Gasteiger partial charge >= 0.3 is 0 Å². The lowest BCUT2D eigenvalue weighted by Gasteiger charge is -2.32. The fraction of sp³-hybridized carbons (Fsp3) is 0.250. The van der Waals surface area contributed by atoms with Crippen LogP contribution >= 0.6 is 15.9 Å². The summed E-state index contributed by atoms with van der Waals surface area (Å²) in [4.78, 5) is 30.3. The van der Waals surface area contributed by atoms with Gasteiger partial charge in [-0.1, -0.05) is 28.1 Å². The van der Waals surface area contributed by atoms with Crippen LogP contribution in [0.4, 0.5) is 0 Å². The highest BCUT2D eigenvalue weighted by molar-refractivity contribution is 9.10. The van der Waals surface area contributed by atoms with E-state index < -0.39 is 0 Å². The summed E-state index contributed by atoms with van der Waals surface area (Å²) in [6, 6.07) is 11.4. The number of hydrogen-bond acceptors (Lipinski definition) is 3. The lowest BCUT2D eigenvalue weighted by Crippen LogP contribution is -2.46. The normalized spacial score (nSPS) is 15.2. The summed E-state index contributed by atoms with van der Waals surface area (Å²) in [7, 11) is 0. The maximum atomic E-state index is 12.4. The fourth-order valence-corrected chi connectivity index (χ4v) is 3.35. The largest absolute Gasteiger partial charge is 0.350 e. The summed E-state index contributed by atoms with van der Waals surface area (Å²) < 4.78 is 0.978. The van der Waals surface area contributed by atoms with Crippen LogP contribution in [0.25, 0.3) is 6.08 Å². The lowest BCUT2D eigenvalue weighted by molar-refractivity contribution is -0.117. The Morgan fingerprint density at radius 1 is 1.19 bits per heavy atom. The summed E-state index contributed by atoms with van der Waals surface area (Å²) in [5.74, 6) is -0.112. The minimum absolute atomic E-state index is 0.00238. The molecule has 2 aromatic rings. The van der Waals surface area contributed by atoms with E-state index in [1.165, 1.54) is 0 Å². The molecule has 0 atom stereocenters. The molecule has 1 aliphatic rings. The third-order valence-electron chi connectivity index (χ3n) is 4.31. The van der Waals surface area contributed by atoms with Crippen molar-refractivity contribution in [1.82, 2.24) is 15.2 Å². The minimum Gasteiger partial charge on any atom is -0.350 e. The number of piperidine rings is 1. The molecular formula is C20H20BrN3O2. The number of aromatic nitrogens is 1. The van der Waals surface area contributed by atoms with E-state index in [0.29, 0.717) is 18.7 Å². The summed E-state index contributed by atoms with van der Waals surface area (Å²) in [6.07, 6.45) is 8.09. The number of amides is 2. The number of nitrogens with zero attached hydrogens (tertiary/aromatic N) is 2. The number of halogens is 1. The molecule has 26 heavy (non-hydrogen) atoms. The number of likely N-dealkylation sites (tertiary alicyclic amines) is 1. The first-order valence-corrected chi connectivity index (χ1v) is 9.34. The van der Waals surface area contributed by atoms with Gasteiger partial charge in [0.1, 0.15) is 0 Å². The second kappa shape index (κ2) is 8.76. The van der Waals surface area contributed by atoms with Crippen molar-refractivity contribution in [3.05, 3.63) is 70.5 Å². The number of rotatable bonds is 4. The molecule has 2 heterocycles. The molecule has 1 saturated heterocycles. The molecule has 134 valence electrons. The van der Waals surface area contributed by atoms with Crippen LogP contribution in [-0.2, 0) is 4.79 Å². The number of carbonyl (C=O) groups excluding carboxylic acids is 2. The van der Waals surface area contributed by atoms with E-state index in [4.69, 9.17) is 0 Å². The SMILES string of the molecule is O=C(/C=C/c1cccc(Br)c1)NC1CCN(C(=O)c2cccnc2)CC1. The molecule has 1 aromatic heterocycles. The highest BCUT2D eigenvalue weighted by atomic mass is 79.9. The molecule has 0 spiro atoms. The van der Waals surface area contributed by atoms with Gasteiger partial charge in [-0.2, -0.15) is 0 Å². The fourth-order valence-electron chi connectivity index (χ4n) is 2.93. The van der Waals surface area contributed by atoms with Crippen molar-refractivity contribution in [3.8, 4) is 0 Å². The maximum absolute atomic E-state index is 12.4. The first-order chi connectivity index (χ1) is 12.6. The van der Waals surface area contributed by atoms with Crippen LogP contribution in [-0.4, -0.2) is 40.8 Å². The van der Waals surface area contributed by atoms with Gasteiger partial charge in [-0.15, -0.1) is 0 Å². The number of hydrogen-bond donors (Lipinski definition) is 1. The Morgan fingerprint density at radius 3 is 2.69 bits per heavy atom. The van der Waals surface area contributed by atoms with E-state index in [-0.39, 0.29) is 17.9 Å². The summed E-state index contributed by atoms with van der Waals surface area (Å²) in [5.41, 5.74) is 1.57. The number of nitrogens with one attached hydrogen (secondary N) is 1. The van der Waals surface area contributed by atoms with Gasteiger partial charge < -0.3 is 10.2 Å². The third-order valence-corrected chi connectivity index (χ3v) is 4.81. The Balaban J connectivity index is 1.48. The third kappa shape index (κ3) is 5.02. The second-order valence-corrected chi connectivity index (χ2v) is 7.12. The van der Waals surface area contributed by atoms with Crippen molar-refractivity contribution < 1.29 is 9.59 Å². The molecule has 0 bridgehead atoms. The molecule has 1 fully saturated rings. The standard InChI is InChI=1S/C20H20BrN3O2/c21-17-5-1-3-15(13-17)6-7-19(25)23-18-8-11-24(12-9-18)20(26)16-4-2-10-22-14-16/h1-7,10,13-14,18H,8-9,11-12H2,(H,23,25)/b7-6+. The van der Waals surface area contributed by atoms with Crippen molar-refractivity contribution in [1.29, 1.82) is 0 Å². The molecule has 1 N–H and O–H groups in total. The molecule has 0 saturated carbocycles. The van der Waals surface area contributed by atoms with Gasteiger partial charge in [0.15, 0.2) is 0 Å². The highest BCUT2D eigenvalue weighted by Gasteiger charge is 2.24. The smallest absolute Gasteiger partial charge is 0.255 e. The molecule has 1 aliphatic heterocycles. The Labute approximate surface area is 161 Å². The topological polar surface area (TPSA) is 62.3 Å². The number of pyridine rings is 1. The predicted molar refractivity (Wildman–Crippen MR) is 104 cm³/mol. The predicted octanol–water partition coefficient (Wildman–Crippen LogP) is 3.28. The second-order valence-electron chi connectivity index (χ2n) is 6.21. The summed E-state index contributed by atoms with van der Waals surface area (Å²) >= 11 is 3.41. The first kappa shape index (κ1) is 18.3. The molecule has 5 nitrogen and oxygen atoms in total. The van der Waals surface area contributed by atoms with E-state index in [2.05, 4.69) is 26.2 Å². The molecule has 0 radical (unpaired) electrons. The quantitative estimate of drug-likeness (QED) is 0.782. The highest BCUT2D eigenvalue weighted by Crippen LogP contribution is 2.15. The van der Waals surface area contributed by atoms with Crippen molar-refractivity contribution in [3.63, 3.8) is 0 Å². The van der Waals surface area contributed by atoms with Gasteiger partial charge in [-0.05, 0) is 48.7 Å². The Hall–Kier alpha value is -2.47. The van der Waals surface area contributed by atoms with E-state index in [0.717, 1.165) is 22.9 Å². The van der Waals surface area contributed by atoms with E-state index in [1.54, 1.807) is 36.7 Å². The van der Waals surface area contributed by atoms with Crippen molar-refractivity contribution in [2.75, 3.05) is 13.1 Å². The zero-order chi connectivity index (χ0) is 18.4. The van der Waals surface area contributed by atoms with E-state index in [9.17, 15) is 9.59 Å². The van der Waals surface area contributed by atoms with Gasteiger partial charge in [-0.25, -0.2) is 0 Å². The van der Waals surface area contributed by atoms with Gasteiger partial charge in [0.25, 0.3) is 5.91 Å². The van der Waals surface area contributed by atoms with E-state index >= 15 is 0 Å². The Bertz CT molecular complexity index is 800. The zero-order valence-electron chi connectivity index (χ0n) is 14.3. The summed E-state index contributed by atoms with van der Waals surface area (Å²) in [6.45, 7) is 1.27. The van der Waals surface area contributed by atoms with Crippen LogP contribution in [0.3, 0.4) is 0 Å². The number of carbonyl (C=O) groups is 2. The van der Waals surface area contributed by atoms with Crippen molar-refractivity contribution >= 4 is 33.8 Å². The number of benzene rings is 1. The van der Waals surface area contributed by atoms with Crippen LogP contribution in [0.1, 0.15) is 28.8 Å². The molecular weight excluding hydrogens is 394 g/mol. The first-order valence-electron chi connectivity index (χ1n) is 8.55. The summed E-state index contributed by atoms with van der Waals surface area (Å²) in [5, 5.41) is 3.02. The van der Waals surface area contributed by atoms with Crippen LogP contribution in [0.15, 0.2) is 59.3 Å². The minimum atomic E-state index is -0.109. The molecule has 3 rings (SSSR count). The lowest BCUT2D eigenvalue weighted by atomic mass is 10.0. The zero-order valence-corrected chi connectivity index (χ0v) is 15.9. The molecule has 0 aliphatic carbocycles. The van der Waals surface area contributed by atoms with Crippen LogP contribution in [0, 0.1) is 0 Å². The van der Waals surface area contributed by atoms with Gasteiger partial charge in [-0.3, -0.25) is 14.6 Å². The monoisotopic (exact) mass is 413 g/mol. The molecule has 0 unspecified atom stereocenters. The van der Waals surface area contributed by atoms with Crippen molar-refractivity contribution in [2.24, 2.45) is 0 Å². The Kier molecular flexibility index (Phi) is 6.17. The van der Waals surface area contributed by atoms with Gasteiger partial charge in [0.2, 0.25) is 5.91 Å². The van der Waals surface area contributed by atoms with Crippen LogP contribution in [0.2, 0.25) is 0 Å². The Morgan fingerprint density at radius 2 is 2.00 bits per heavy atom.